The number of aliphatic carboxylic acids is 1. The number of carbonyl (C=O) groups excluding carboxylic acids is 1. The van der Waals surface area contributed by atoms with Crippen molar-refractivity contribution in [2.75, 3.05) is 4.90 Å². The number of halogens is 2. The van der Waals surface area contributed by atoms with Crippen molar-refractivity contribution < 1.29 is 23.8 Å². The fourth-order valence-electron chi connectivity index (χ4n) is 4.94. The Morgan fingerprint density at radius 1 is 1.19 bits per heavy atom. The van der Waals surface area contributed by atoms with Gasteiger partial charge in [0.15, 0.2) is 11.3 Å². The SMILES string of the molecule is C=C(F)C(=O)N(c1ccc2c(n1)c(OC1CCC(C(=O)O)CC1)nn2C)c1cc(C)c(I)cc1C1CC1. The lowest BCUT2D eigenvalue weighted by Gasteiger charge is -2.26. The number of hydrogen-bond acceptors (Lipinski definition) is 5. The van der Waals surface area contributed by atoms with Crippen molar-refractivity contribution in [2.24, 2.45) is 13.0 Å². The number of carbonyl (C=O) groups is 2. The molecule has 0 bridgehead atoms. The van der Waals surface area contributed by atoms with Crippen molar-refractivity contribution in [3.05, 3.63) is 51.4 Å². The molecule has 2 aliphatic carbocycles. The molecule has 1 amide bonds. The van der Waals surface area contributed by atoms with E-state index in [1.165, 1.54) is 4.90 Å². The molecule has 0 radical (unpaired) electrons. The van der Waals surface area contributed by atoms with Crippen molar-refractivity contribution >= 4 is 57.0 Å². The number of aromatic nitrogens is 3. The normalized spacial score (nSPS) is 19.6. The Hall–Kier alpha value is -3.02. The number of rotatable bonds is 7. The number of carboxylic acid groups (broad SMARTS) is 1. The molecule has 8 nitrogen and oxygen atoms in total. The second kappa shape index (κ2) is 10.0. The van der Waals surface area contributed by atoms with Gasteiger partial charge in [0.05, 0.1) is 17.1 Å². The maximum Gasteiger partial charge on any atom is 0.306 e. The van der Waals surface area contributed by atoms with E-state index in [9.17, 15) is 19.1 Å². The van der Waals surface area contributed by atoms with Crippen LogP contribution in [0.25, 0.3) is 11.0 Å². The van der Waals surface area contributed by atoms with Crippen LogP contribution in [0, 0.1) is 16.4 Å². The first-order chi connectivity index (χ1) is 17.6. The predicted molar refractivity (Wildman–Crippen MR) is 146 cm³/mol. The van der Waals surface area contributed by atoms with Crippen molar-refractivity contribution in [3.8, 4) is 5.88 Å². The highest BCUT2D eigenvalue weighted by molar-refractivity contribution is 14.1. The van der Waals surface area contributed by atoms with E-state index in [0.29, 0.717) is 54.2 Å². The van der Waals surface area contributed by atoms with Gasteiger partial charge >= 0.3 is 5.97 Å². The molecule has 0 atom stereocenters. The van der Waals surface area contributed by atoms with E-state index in [0.717, 1.165) is 27.5 Å². The highest BCUT2D eigenvalue weighted by Crippen LogP contribution is 2.47. The first-order valence-electron chi connectivity index (χ1n) is 12.4. The van der Waals surface area contributed by atoms with Gasteiger partial charge < -0.3 is 9.84 Å². The zero-order valence-electron chi connectivity index (χ0n) is 20.7. The monoisotopic (exact) mass is 618 g/mol. The van der Waals surface area contributed by atoms with Crippen LogP contribution in [-0.4, -0.2) is 37.9 Å². The van der Waals surface area contributed by atoms with Crippen LogP contribution in [0.5, 0.6) is 5.88 Å². The van der Waals surface area contributed by atoms with Crippen molar-refractivity contribution in [2.45, 2.75) is 57.5 Å². The second-order valence-corrected chi connectivity index (χ2v) is 11.0. The van der Waals surface area contributed by atoms with E-state index in [1.807, 2.05) is 13.0 Å². The first-order valence-corrected chi connectivity index (χ1v) is 13.4. The van der Waals surface area contributed by atoms with E-state index in [2.05, 4.69) is 40.3 Å². The molecule has 10 heteroatoms. The third kappa shape index (κ3) is 5.07. The molecule has 3 aromatic rings. The number of benzene rings is 1. The molecule has 37 heavy (non-hydrogen) atoms. The number of amides is 1. The number of hydrogen-bond donors (Lipinski definition) is 1. The van der Waals surface area contributed by atoms with Crippen LogP contribution < -0.4 is 9.64 Å². The Kier molecular flexibility index (Phi) is 6.95. The van der Waals surface area contributed by atoms with Crippen LogP contribution >= 0.6 is 22.6 Å². The predicted octanol–water partition coefficient (Wildman–Crippen LogP) is 5.93. The lowest BCUT2D eigenvalue weighted by Crippen LogP contribution is -2.28. The van der Waals surface area contributed by atoms with Gasteiger partial charge in [-0.2, -0.15) is 0 Å². The minimum atomic E-state index is -1.07. The van der Waals surface area contributed by atoms with Gasteiger partial charge in [0.2, 0.25) is 0 Å². The molecule has 5 rings (SSSR count). The molecule has 2 fully saturated rings. The van der Waals surface area contributed by atoms with E-state index in [-0.39, 0.29) is 17.8 Å². The minimum Gasteiger partial charge on any atom is -0.481 e. The Labute approximate surface area is 227 Å². The summed E-state index contributed by atoms with van der Waals surface area (Å²) in [4.78, 5) is 30.5. The molecule has 194 valence electrons. The topological polar surface area (TPSA) is 97.6 Å². The fourth-order valence-corrected chi connectivity index (χ4v) is 5.43. The quantitative estimate of drug-likeness (QED) is 0.261. The van der Waals surface area contributed by atoms with Crippen molar-refractivity contribution in [1.29, 1.82) is 0 Å². The maximum atomic E-state index is 14.3. The Morgan fingerprint density at radius 3 is 2.51 bits per heavy atom. The zero-order chi connectivity index (χ0) is 26.4. The zero-order valence-corrected chi connectivity index (χ0v) is 22.9. The fraction of sp³-hybridized carbons (Fsp3) is 0.407. The number of nitrogens with zero attached hydrogens (tertiary/aromatic N) is 4. The molecule has 2 aliphatic rings. The summed E-state index contributed by atoms with van der Waals surface area (Å²) in [5.41, 5.74) is 3.73. The van der Waals surface area contributed by atoms with Gasteiger partial charge in [-0.3, -0.25) is 19.2 Å². The van der Waals surface area contributed by atoms with Crippen LogP contribution in [0.4, 0.5) is 15.9 Å². The minimum absolute atomic E-state index is 0.178. The summed E-state index contributed by atoms with van der Waals surface area (Å²) in [7, 11) is 1.78. The molecule has 1 N–H and O–H groups in total. The van der Waals surface area contributed by atoms with Crippen LogP contribution in [0.2, 0.25) is 0 Å². The summed E-state index contributed by atoms with van der Waals surface area (Å²) in [6.07, 6.45) is 4.15. The molecule has 2 aromatic heterocycles. The van der Waals surface area contributed by atoms with Gasteiger partial charge in [-0.1, -0.05) is 6.58 Å². The van der Waals surface area contributed by atoms with E-state index in [4.69, 9.17) is 9.72 Å². The molecular weight excluding hydrogens is 590 g/mol. The lowest BCUT2D eigenvalue weighted by molar-refractivity contribution is -0.143. The summed E-state index contributed by atoms with van der Waals surface area (Å²) in [5, 5.41) is 13.8. The van der Waals surface area contributed by atoms with E-state index in [1.54, 1.807) is 23.9 Å². The summed E-state index contributed by atoms with van der Waals surface area (Å²) in [5.74, 6) is -2.18. The number of aryl methyl sites for hydroxylation is 2. The molecule has 0 unspecified atom stereocenters. The lowest BCUT2D eigenvalue weighted by atomic mass is 9.87. The van der Waals surface area contributed by atoms with Gasteiger partial charge in [0, 0.05) is 10.6 Å². The summed E-state index contributed by atoms with van der Waals surface area (Å²) < 4.78 is 23.3. The van der Waals surface area contributed by atoms with Gasteiger partial charge in [-0.25, -0.2) is 9.37 Å². The highest BCUT2D eigenvalue weighted by Gasteiger charge is 2.33. The Balaban J connectivity index is 1.55. The average Bonchev–Trinajstić information content (AvgIpc) is 3.66. The Morgan fingerprint density at radius 2 is 1.89 bits per heavy atom. The van der Waals surface area contributed by atoms with Crippen LogP contribution in [-0.2, 0) is 16.6 Å². The molecule has 0 saturated heterocycles. The number of pyridine rings is 1. The van der Waals surface area contributed by atoms with Gasteiger partial charge in [-0.15, -0.1) is 5.10 Å². The standard InChI is InChI=1S/C27H28FIN4O4/c1-14-12-22(19(13-20(14)29)16-4-5-16)33(26(34)15(2)28)23-11-10-21-24(30-23)25(31-32(21)3)37-18-8-6-17(7-9-18)27(35)36/h10-13,16-18H,2,4-9H2,1,3H3,(H,35,36). The smallest absolute Gasteiger partial charge is 0.306 e. The van der Waals surface area contributed by atoms with Crippen molar-refractivity contribution in [1.82, 2.24) is 14.8 Å². The van der Waals surface area contributed by atoms with Crippen LogP contribution in [0.1, 0.15) is 55.6 Å². The molecule has 1 aromatic carbocycles. The molecule has 0 aliphatic heterocycles. The molecule has 0 spiro atoms. The van der Waals surface area contributed by atoms with Gasteiger partial charge in [-0.05, 0) is 109 Å². The summed E-state index contributed by atoms with van der Waals surface area (Å²) in [6, 6.07) is 7.44. The molecule has 2 saturated carbocycles. The number of anilines is 2. The summed E-state index contributed by atoms with van der Waals surface area (Å²) in [6.45, 7) is 5.22. The van der Waals surface area contributed by atoms with Crippen LogP contribution in [0.3, 0.4) is 0 Å². The third-order valence-corrected chi connectivity index (χ3v) is 8.35. The maximum absolute atomic E-state index is 14.3. The van der Waals surface area contributed by atoms with E-state index < -0.39 is 17.7 Å². The second-order valence-electron chi connectivity index (χ2n) is 9.88. The molecule has 2 heterocycles. The summed E-state index contributed by atoms with van der Waals surface area (Å²) >= 11 is 2.28. The molecular formula is C27H28FIN4O4. The first kappa shape index (κ1) is 25.6. The number of carboxylic acids is 1. The van der Waals surface area contributed by atoms with Gasteiger partial charge in [0.25, 0.3) is 11.8 Å². The third-order valence-electron chi connectivity index (χ3n) is 7.18. The number of fused-ring (bicyclic) bond motifs is 1. The largest absolute Gasteiger partial charge is 0.481 e. The number of ether oxygens (including phenoxy) is 1. The van der Waals surface area contributed by atoms with Gasteiger partial charge in [0.1, 0.15) is 11.9 Å². The average molecular weight is 618 g/mol. The van der Waals surface area contributed by atoms with E-state index >= 15 is 0 Å². The highest BCUT2D eigenvalue weighted by atomic mass is 127. The Bertz CT molecular complexity index is 1410. The van der Waals surface area contributed by atoms with Crippen LogP contribution in [0.15, 0.2) is 36.7 Å². The van der Waals surface area contributed by atoms with Crippen molar-refractivity contribution in [3.63, 3.8) is 0 Å².